The second-order valence-electron chi connectivity index (χ2n) is 5.79. The fourth-order valence-electron chi connectivity index (χ4n) is 1.39. The monoisotopic (exact) mass is 239 g/mol. The van der Waals surface area contributed by atoms with Crippen LogP contribution in [0, 0.1) is 0 Å². The van der Waals surface area contributed by atoms with Crippen LogP contribution in [0.1, 0.15) is 34.6 Å². The van der Waals surface area contributed by atoms with E-state index in [2.05, 4.69) is 10.3 Å². The molecule has 0 aliphatic heterocycles. The van der Waals surface area contributed by atoms with Crippen molar-refractivity contribution in [2.75, 3.05) is 11.9 Å². The summed E-state index contributed by atoms with van der Waals surface area (Å²) >= 11 is 0. The van der Waals surface area contributed by atoms with Crippen LogP contribution < -0.4 is 10.9 Å². The largest absolute Gasteiger partial charge is 0.394 e. The molecule has 0 spiro atoms. The van der Waals surface area contributed by atoms with Crippen LogP contribution in [-0.2, 0) is 5.54 Å². The second kappa shape index (κ2) is 4.49. The fraction of sp³-hybridized carbons (Fsp3) is 0.667. The van der Waals surface area contributed by atoms with Gasteiger partial charge in [0, 0.05) is 17.9 Å². The highest BCUT2D eigenvalue weighted by Gasteiger charge is 2.21. The summed E-state index contributed by atoms with van der Waals surface area (Å²) in [5, 5.41) is 12.1. The van der Waals surface area contributed by atoms with Gasteiger partial charge in [0.1, 0.15) is 0 Å². The highest BCUT2D eigenvalue weighted by molar-refractivity contribution is 5.34. The minimum absolute atomic E-state index is 0.0709. The number of aliphatic hydroxyl groups excluding tert-OH is 1. The van der Waals surface area contributed by atoms with E-state index < -0.39 is 5.54 Å². The van der Waals surface area contributed by atoms with E-state index in [1.165, 1.54) is 0 Å². The number of aliphatic hydroxyl groups is 1. The average Bonchev–Trinajstić information content (AvgIpc) is 2.19. The molecule has 1 heterocycles. The molecule has 1 aromatic rings. The molecule has 5 heteroatoms. The van der Waals surface area contributed by atoms with Crippen molar-refractivity contribution in [3.63, 3.8) is 0 Å². The van der Waals surface area contributed by atoms with Gasteiger partial charge in [-0.25, -0.2) is 4.98 Å². The Morgan fingerprint density at radius 3 is 2.41 bits per heavy atom. The Balaban J connectivity index is 3.17. The van der Waals surface area contributed by atoms with E-state index in [0.717, 1.165) is 0 Å². The molecule has 0 fully saturated rings. The molecular weight excluding hydrogens is 218 g/mol. The van der Waals surface area contributed by atoms with Crippen LogP contribution in [0.25, 0.3) is 0 Å². The maximum atomic E-state index is 12.2. The molecule has 0 unspecified atom stereocenters. The molecule has 1 rings (SSSR count). The third-order valence-corrected chi connectivity index (χ3v) is 2.42. The summed E-state index contributed by atoms with van der Waals surface area (Å²) in [5.74, 6) is 0.265. The van der Waals surface area contributed by atoms with E-state index in [1.54, 1.807) is 17.0 Å². The number of hydrogen-bond donors (Lipinski definition) is 2. The van der Waals surface area contributed by atoms with Crippen molar-refractivity contribution in [1.29, 1.82) is 0 Å². The van der Waals surface area contributed by atoms with E-state index in [1.807, 2.05) is 34.6 Å². The van der Waals surface area contributed by atoms with Gasteiger partial charge < -0.3 is 15.0 Å². The SMILES string of the molecule is CC(C)(CO)Nc1nccn(C(C)(C)C)c1=O. The smallest absolute Gasteiger partial charge is 0.293 e. The lowest BCUT2D eigenvalue weighted by atomic mass is 10.1. The Labute approximate surface area is 102 Å². The first-order valence-electron chi connectivity index (χ1n) is 5.64. The molecule has 5 nitrogen and oxygen atoms in total. The third kappa shape index (κ3) is 3.30. The maximum Gasteiger partial charge on any atom is 0.293 e. The van der Waals surface area contributed by atoms with Crippen LogP contribution in [0.5, 0.6) is 0 Å². The molecule has 2 N–H and O–H groups in total. The summed E-state index contributed by atoms with van der Waals surface area (Å²) in [6.07, 6.45) is 3.25. The predicted octanol–water partition coefficient (Wildman–Crippen LogP) is 1.18. The third-order valence-electron chi connectivity index (χ3n) is 2.42. The molecule has 1 aromatic heterocycles. The molecule has 96 valence electrons. The van der Waals surface area contributed by atoms with Crippen LogP contribution in [0.4, 0.5) is 5.82 Å². The van der Waals surface area contributed by atoms with Gasteiger partial charge in [-0.1, -0.05) is 0 Å². The van der Waals surface area contributed by atoms with Gasteiger partial charge >= 0.3 is 0 Å². The van der Waals surface area contributed by atoms with Crippen LogP contribution >= 0.6 is 0 Å². The molecule has 0 atom stereocenters. The Hall–Kier alpha value is -1.36. The van der Waals surface area contributed by atoms with Gasteiger partial charge in [0.05, 0.1) is 12.1 Å². The molecule has 0 aliphatic carbocycles. The molecule has 0 aromatic carbocycles. The van der Waals surface area contributed by atoms with Gasteiger partial charge in [0.25, 0.3) is 5.56 Å². The highest BCUT2D eigenvalue weighted by atomic mass is 16.3. The quantitative estimate of drug-likeness (QED) is 0.831. The summed E-state index contributed by atoms with van der Waals surface area (Å²) in [4.78, 5) is 16.2. The Kier molecular flexibility index (Phi) is 3.62. The topological polar surface area (TPSA) is 67.2 Å². The summed E-state index contributed by atoms with van der Waals surface area (Å²) in [7, 11) is 0. The minimum atomic E-state index is -0.566. The number of anilines is 1. The van der Waals surface area contributed by atoms with E-state index >= 15 is 0 Å². The van der Waals surface area contributed by atoms with Crippen molar-refractivity contribution in [2.24, 2.45) is 0 Å². The lowest BCUT2D eigenvalue weighted by Gasteiger charge is -2.26. The van der Waals surface area contributed by atoms with E-state index in [0.29, 0.717) is 0 Å². The Morgan fingerprint density at radius 1 is 1.35 bits per heavy atom. The van der Waals surface area contributed by atoms with E-state index in [9.17, 15) is 9.90 Å². The number of rotatable bonds is 3. The van der Waals surface area contributed by atoms with Crippen LogP contribution in [-0.4, -0.2) is 26.8 Å². The predicted molar refractivity (Wildman–Crippen MR) is 68.3 cm³/mol. The molecule has 0 radical (unpaired) electrons. The summed E-state index contributed by atoms with van der Waals surface area (Å²) in [6.45, 7) is 9.41. The maximum absolute atomic E-state index is 12.2. The van der Waals surface area contributed by atoms with Gasteiger partial charge in [-0.15, -0.1) is 0 Å². The van der Waals surface area contributed by atoms with Crippen molar-refractivity contribution in [2.45, 2.75) is 45.7 Å². The summed E-state index contributed by atoms with van der Waals surface area (Å²) < 4.78 is 1.62. The van der Waals surface area contributed by atoms with Crippen LogP contribution in [0.2, 0.25) is 0 Å². The van der Waals surface area contributed by atoms with Gasteiger partial charge in [0.15, 0.2) is 5.82 Å². The first kappa shape index (κ1) is 13.7. The zero-order valence-electron chi connectivity index (χ0n) is 11.1. The van der Waals surface area contributed by atoms with Crippen molar-refractivity contribution in [1.82, 2.24) is 9.55 Å². The zero-order chi connectivity index (χ0) is 13.3. The molecule has 17 heavy (non-hydrogen) atoms. The Morgan fingerprint density at radius 2 is 1.94 bits per heavy atom. The van der Waals surface area contributed by atoms with Crippen molar-refractivity contribution in [3.8, 4) is 0 Å². The number of nitrogens with zero attached hydrogens (tertiary/aromatic N) is 2. The first-order valence-corrected chi connectivity index (χ1v) is 5.64. The lowest BCUT2D eigenvalue weighted by Crippen LogP contribution is -2.41. The van der Waals surface area contributed by atoms with Gasteiger partial charge in [0.2, 0.25) is 0 Å². The van der Waals surface area contributed by atoms with Gasteiger partial charge in [-0.05, 0) is 34.6 Å². The van der Waals surface area contributed by atoms with Crippen molar-refractivity contribution < 1.29 is 5.11 Å². The van der Waals surface area contributed by atoms with Crippen molar-refractivity contribution >= 4 is 5.82 Å². The molecular formula is C12H21N3O2. The summed E-state index contributed by atoms with van der Waals surface area (Å²) in [6, 6.07) is 0. The van der Waals surface area contributed by atoms with E-state index in [-0.39, 0.29) is 23.5 Å². The molecule has 0 saturated carbocycles. The number of nitrogens with one attached hydrogen (secondary N) is 1. The van der Waals surface area contributed by atoms with Gasteiger partial charge in [-0.2, -0.15) is 0 Å². The van der Waals surface area contributed by atoms with Gasteiger partial charge in [-0.3, -0.25) is 4.79 Å². The normalized spacial score (nSPS) is 12.6. The zero-order valence-corrected chi connectivity index (χ0v) is 11.1. The Bertz CT molecular complexity index is 444. The van der Waals surface area contributed by atoms with Crippen molar-refractivity contribution in [3.05, 3.63) is 22.7 Å². The fourth-order valence-corrected chi connectivity index (χ4v) is 1.39. The molecule has 0 bridgehead atoms. The number of hydrogen-bond acceptors (Lipinski definition) is 4. The number of aromatic nitrogens is 2. The lowest BCUT2D eigenvalue weighted by molar-refractivity contribution is 0.233. The average molecular weight is 239 g/mol. The van der Waals surface area contributed by atoms with Crippen LogP contribution in [0.15, 0.2) is 17.2 Å². The minimum Gasteiger partial charge on any atom is -0.394 e. The summed E-state index contributed by atoms with van der Waals surface area (Å²) in [5.41, 5.74) is -1.04. The molecule has 0 amide bonds. The second-order valence-corrected chi connectivity index (χ2v) is 5.79. The van der Waals surface area contributed by atoms with E-state index in [4.69, 9.17) is 0 Å². The standard InChI is InChI=1S/C12H21N3O2/c1-11(2,3)15-7-6-13-9(10(15)17)14-12(4,5)8-16/h6-7,16H,8H2,1-5H3,(H,13,14). The first-order chi connectivity index (χ1) is 7.67. The molecule has 0 saturated heterocycles. The molecule has 0 aliphatic rings. The highest BCUT2D eigenvalue weighted by Crippen LogP contribution is 2.12. The van der Waals surface area contributed by atoms with Crippen LogP contribution in [0.3, 0.4) is 0 Å².